The van der Waals surface area contributed by atoms with Crippen molar-refractivity contribution in [3.63, 3.8) is 0 Å². The lowest BCUT2D eigenvalue weighted by atomic mass is 10.0. The Bertz CT molecular complexity index is 1470. The Morgan fingerprint density at radius 3 is 2.58 bits per heavy atom. The number of hydrogen-bond donors (Lipinski definition) is 1. The van der Waals surface area contributed by atoms with Crippen LogP contribution in [0.25, 0.3) is 43.4 Å². The van der Waals surface area contributed by atoms with Crippen LogP contribution in [0, 0.1) is 5.92 Å². The fourth-order valence-corrected chi connectivity index (χ4v) is 4.78. The molecular formula is C25H23N5O2S. The van der Waals surface area contributed by atoms with Gasteiger partial charge in [-0.1, -0.05) is 44.2 Å². The lowest BCUT2D eigenvalue weighted by Gasteiger charge is -2.09. The summed E-state index contributed by atoms with van der Waals surface area (Å²) in [5.74, 6) is 2.02. The molecule has 1 aromatic carbocycles. The molecule has 0 aliphatic heterocycles. The lowest BCUT2D eigenvalue weighted by Crippen LogP contribution is -2.09. The minimum atomic E-state index is -0.184. The van der Waals surface area contributed by atoms with E-state index in [9.17, 15) is 4.79 Å². The molecule has 0 atom stereocenters. The van der Waals surface area contributed by atoms with Crippen molar-refractivity contribution in [2.24, 2.45) is 13.0 Å². The first-order chi connectivity index (χ1) is 16.0. The van der Waals surface area contributed by atoms with Crippen molar-refractivity contribution in [3.05, 3.63) is 71.4 Å². The molecule has 8 heteroatoms. The van der Waals surface area contributed by atoms with Crippen LogP contribution in [0.4, 0.5) is 0 Å². The van der Waals surface area contributed by atoms with Crippen LogP contribution in [0.1, 0.15) is 13.8 Å². The van der Waals surface area contributed by atoms with Gasteiger partial charge in [-0.2, -0.15) is 0 Å². The van der Waals surface area contributed by atoms with Crippen LogP contribution < -0.4 is 10.3 Å². The molecule has 0 saturated carbocycles. The van der Waals surface area contributed by atoms with E-state index in [2.05, 4.69) is 28.8 Å². The fraction of sp³-hybridized carbons (Fsp3) is 0.200. The van der Waals surface area contributed by atoms with Gasteiger partial charge in [-0.3, -0.25) is 4.79 Å². The summed E-state index contributed by atoms with van der Waals surface area (Å²) in [5, 5.41) is 0. The second-order valence-electron chi connectivity index (χ2n) is 8.22. The molecule has 7 nitrogen and oxygen atoms in total. The van der Waals surface area contributed by atoms with Crippen LogP contribution in [0.5, 0.6) is 5.88 Å². The predicted molar refractivity (Wildman–Crippen MR) is 131 cm³/mol. The van der Waals surface area contributed by atoms with Crippen molar-refractivity contribution in [1.82, 2.24) is 24.5 Å². The zero-order valence-electron chi connectivity index (χ0n) is 18.6. The first-order valence-corrected chi connectivity index (χ1v) is 11.5. The third-order valence-electron chi connectivity index (χ3n) is 5.20. The molecule has 0 bridgehead atoms. The van der Waals surface area contributed by atoms with E-state index in [0.717, 1.165) is 21.6 Å². The summed E-state index contributed by atoms with van der Waals surface area (Å²) in [6.45, 7) is 4.80. The van der Waals surface area contributed by atoms with Gasteiger partial charge in [0.25, 0.3) is 5.56 Å². The molecule has 1 N–H and O–H groups in total. The van der Waals surface area contributed by atoms with Gasteiger partial charge < -0.3 is 14.3 Å². The molecule has 4 aromatic heterocycles. The lowest BCUT2D eigenvalue weighted by molar-refractivity contribution is 0.261. The van der Waals surface area contributed by atoms with E-state index in [1.165, 1.54) is 11.3 Å². The number of imidazole rings is 1. The Kier molecular flexibility index (Phi) is 5.51. The van der Waals surface area contributed by atoms with Crippen molar-refractivity contribution < 1.29 is 4.74 Å². The van der Waals surface area contributed by atoms with Crippen molar-refractivity contribution in [2.45, 2.75) is 13.8 Å². The molecule has 33 heavy (non-hydrogen) atoms. The van der Waals surface area contributed by atoms with Gasteiger partial charge in [0.2, 0.25) is 5.88 Å². The van der Waals surface area contributed by atoms with Crippen molar-refractivity contribution >= 4 is 21.6 Å². The van der Waals surface area contributed by atoms with E-state index >= 15 is 0 Å². The van der Waals surface area contributed by atoms with Crippen molar-refractivity contribution in [1.29, 1.82) is 0 Å². The number of ether oxygens (including phenoxy) is 1. The number of fused-ring (bicyclic) bond motifs is 1. The summed E-state index contributed by atoms with van der Waals surface area (Å²) in [6.07, 6.45) is 5.29. The van der Waals surface area contributed by atoms with Crippen molar-refractivity contribution in [3.8, 4) is 39.1 Å². The van der Waals surface area contributed by atoms with Crippen LogP contribution in [0.15, 0.2) is 65.8 Å². The summed E-state index contributed by atoms with van der Waals surface area (Å²) in [4.78, 5) is 30.7. The van der Waals surface area contributed by atoms with Crippen LogP contribution in [-0.2, 0) is 7.05 Å². The van der Waals surface area contributed by atoms with Gasteiger partial charge in [-0.15, -0.1) is 11.3 Å². The maximum absolute atomic E-state index is 13.1. The number of aromatic amines is 1. The second kappa shape index (κ2) is 8.63. The number of pyridine rings is 1. The van der Waals surface area contributed by atoms with Crippen LogP contribution in [0.3, 0.4) is 0 Å². The molecular weight excluding hydrogens is 434 g/mol. The molecule has 0 amide bonds. The molecule has 0 aliphatic rings. The topological polar surface area (TPSA) is 85.7 Å². The minimum Gasteiger partial charge on any atom is -0.477 e. The van der Waals surface area contributed by atoms with E-state index in [1.54, 1.807) is 12.4 Å². The second-order valence-corrected chi connectivity index (χ2v) is 9.24. The molecule has 0 radical (unpaired) electrons. The normalized spacial score (nSPS) is 11.4. The van der Waals surface area contributed by atoms with Crippen LogP contribution in [-0.4, -0.2) is 31.1 Å². The summed E-state index contributed by atoms with van der Waals surface area (Å²) >= 11 is 1.43. The first kappa shape index (κ1) is 21.1. The number of nitrogens with zero attached hydrogens (tertiary/aromatic N) is 4. The number of benzene rings is 1. The number of aromatic nitrogens is 5. The van der Waals surface area contributed by atoms with Gasteiger partial charge in [0, 0.05) is 47.7 Å². The summed E-state index contributed by atoms with van der Waals surface area (Å²) in [5.41, 5.74) is 3.23. The molecule has 0 saturated heterocycles. The third kappa shape index (κ3) is 4.05. The van der Waals surface area contributed by atoms with Gasteiger partial charge in [0.05, 0.1) is 12.1 Å². The summed E-state index contributed by atoms with van der Waals surface area (Å²) < 4.78 is 8.15. The highest BCUT2D eigenvalue weighted by Gasteiger charge is 2.21. The Morgan fingerprint density at radius 1 is 1.09 bits per heavy atom. The van der Waals surface area contributed by atoms with Gasteiger partial charge in [-0.25, -0.2) is 15.0 Å². The van der Waals surface area contributed by atoms with Gasteiger partial charge in [0.1, 0.15) is 4.70 Å². The van der Waals surface area contributed by atoms with Gasteiger partial charge in [0.15, 0.2) is 11.6 Å². The predicted octanol–water partition coefficient (Wildman–Crippen LogP) is 5.15. The number of aryl methyl sites for hydroxylation is 1. The monoisotopic (exact) mass is 457 g/mol. The van der Waals surface area contributed by atoms with Crippen LogP contribution in [0.2, 0.25) is 0 Å². The highest BCUT2D eigenvalue weighted by molar-refractivity contribution is 7.22. The van der Waals surface area contributed by atoms with Crippen LogP contribution >= 0.6 is 11.3 Å². The maximum atomic E-state index is 13.1. The minimum absolute atomic E-state index is 0.184. The zero-order valence-corrected chi connectivity index (χ0v) is 19.4. The molecule has 5 rings (SSSR count). The Hall–Kier alpha value is -3.78. The standard InChI is InChI=1S/C25H23N5O2S/c1-15(2)14-32-18-10-9-17(13-27-18)19-20-22(33-21(19)16-7-5-4-6-8-16)25(31)29-23(28-20)24-26-11-12-30(24)3/h4-13,15H,14H2,1-3H3,(H,28,29,31). The number of H-pyrrole nitrogens is 1. The largest absolute Gasteiger partial charge is 0.477 e. The molecule has 0 unspecified atom stereocenters. The van der Waals surface area contributed by atoms with E-state index in [-0.39, 0.29) is 5.56 Å². The van der Waals surface area contributed by atoms with Gasteiger partial charge in [-0.05, 0) is 17.5 Å². The quantitative estimate of drug-likeness (QED) is 0.381. The molecule has 0 spiro atoms. The number of hydrogen-bond acceptors (Lipinski definition) is 6. The molecule has 0 fully saturated rings. The maximum Gasteiger partial charge on any atom is 0.269 e. The zero-order chi connectivity index (χ0) is 22.9. The average molecular weight is 458 g/mol. The molecule has 4 heterocycles. The molecule has 5 aromatic rings. The Labute approximate surface area is 194 Å². The van der Waals surface area contributed by atoms with E-state index in [4.69, 9.17) is 9.72 Å². The highest BCUT2D eigenvalue weighted by atomic mass is 32.1. The smallest absolute Gasteiger partial charge is 0.269 e. The number of thiophene rings is 1. The van der Waals surface area contributed by atoms with E-state index in [1.807, 2.05) is 60.3 Å². The molecule has 0 aliphatic carbocycles. The van der Waals surface area contributed by atoms with Gasteiger partial charge >= 0.3 is 0 Å². The SMILES string of the molecule is CC(C)COc1ccc(-c2c(-c3ccccc3)sc3c(=O)[nH]c(-c4nccn4C)nc23)cn1. The Morgan fingerprint density at radius 2 is 1.91 bits per heavy atom. The summed E-state index contributed by atoms with van der Waals surface area (Å²) in [6, 6.07) is 13.9. The molecule has 166 valence electrons. The fourth-order valence-electron chi connectivity index (χ4n) is 3.61. The number of rotatable bonds is 6. The third-order valence-corrected chi connectivity index (χ3v) is 6.43. The first-order valence-electron chi connectivity index (χ1n) is 10.7. The van der Waals surface area contributed by atoms with E-state index < -0.39 is 0 Å². The van der Waals surface area contributed by atoms with Crippen molar-refractivity contribution in [2.75, 3.05) is 6.61 Å². The summed E-state index contributed by atoms with van der Waals surface area (Å²) in [7, 11) is 1.87. The number of nitrogens with one attached hydrogen (secondary N) is 1. The average Bonchev–Trinajstić information content (AvgIpc) is 3.42. The van der Waals surface area contributed by atoms with E-state index in [0.29, 0.717) is 40.3 Å². The Balaban J connectivity index is 1.72. The highest BCUT2D eigenvalue weighted by Crippen LogP contribution is 2.43.